The van der Waals surface area contributed by atoms with Crippen LogP contribution in [-0.2, 0) is 0 Å². The lowest BCUT2D eigenvalue weighted by molar-refractivity contribution is 0.531. The van der Waals surface area contributed by atoms with Crippen LogP contribution in [0.4, 0.5) is 10.1 Å². The SMILES string of the molecule is CCNC(C)CCN(C)c1ccc(F)cc1. The van der Waals surface area contributed by atoms with Gasteiger partial charge >= 0.3 is 0 Å². The van der Waals surface area contributed by atoms with Gasteiger partial charge in [0.05, 0.1) is 0 Å². The first-order valence-electron chi connectivity index (χ1n) is 5.83. The van der Waals surface area contributed by atoms with Crippen LogP contribution in [0.15, 0.2) is 24.3 Å². The fourth-order valence-corrected chi connectivity index (χ4v) is 1.66. The topological polar surface area (TPSA) is 15.3 Å². The molecule has 0 amide bonds. The van der Waals surface area contributed by atoms with Crippen molar-refractivity contribution in [2.45, 2.75) is 26.3 Å². The average molecular weight is 224 g/mol. The Balaban J connectivity index is 2.40. The Hall–Kier alpha value is -1.09. The molecule has 0 saturated heterocycles. The molecule has 0 aliphatic heterocycles. The van der Waals surface area contributed by atoms with Crippen LogP contribution < -0.4 is 10.2 Å². The third kappa shape index (κ3) is 4.19. The molecule has 0 heterocycles. The molecule has 0 aliphatic rings. The van der Waals surface area contributed by atoms with Gasteiger partial charge in [-0.3, -0.25) is 0 Å². The lowest BCUT2D eigenvalue weighted by Crippen LogP contribution is -2.30. The Kier molecular flexibility index (Phi) is 5.26. The molecule has 0 aromatic heterocycles. The van der Waals surface area contributed by atoms with Crippen molar-refractivity contribution in [1.29, 1.82) is 0 Å². The van der Waals surface area contributed by atoms with Crippen molar-refractivity contribution in [2.24, 2.45) is 0 Å². The van der Waals surface area contributed by atoms with Crippen LogP contribution in [0.2, 0.25) is 0 Å². The van der Waals surface area contributed by atoms with Crippen LogP contribution in [0.3, 0.4) is 0 Å². The van der Waals surface area contributed by atoms with E-state index in [4.69, 9.17) is 0 Å². The van der Waals surface area contributed by atoms with Crippen molar-refractivity contribution in [3.05, 3.63) is 30.1 Å². The Morgan fingerprint density at radius 3 is 2.50 bits per heavy atom. The zero-order valence-corrected chi connectivity index (χ0v) is 10.3. The molecule has 1 aromatic rings. The molecular formula is C13H21FN2. The van der Waals surface area contributed by atoms with Crippen molar-refractivity contribution in [3.63, 3.8) is 0 Å². The largest absolute Gasteiger partial charge is 0.375 e. The molecule has 1 N–H and O–H groups in total. The minimum absolute atomic E-state index is 0.182. The number of nitrogens with zero attached hydrogens (tertiary/aromatic N) is 1. The first-order valence-corrected chi connectivity index (χ1v) is 5.83. The van der Waals surface area contributed by atoms with Crippen molar-refractivity contribution in [1.82, 2.24) is 5.32 Å². The normalized spacial score (nSPS) is 12.5. The van der Waals surface area contributed by atoms with Gasteiger partial charge < -0.3 is 10.2 Å². The lowest BCUT2D eigenvalue weighted by Gasteiger charge is -2.21. The van der Waals surface area contributed by atoms with Gasteiger partial charge in [-0.05, 0) is 44.2 Å². The van der Waals surface area contributed by atoms with E-state index in [1.807, 2.05) is 19.2 Å². The Morgan fingerprint density at radius 1 is 1.31 bits per heavy atom. The van der Waals surface area contributed by atoms with E-state index in [-0.39, 0.29) is 5.82 Å². The fraction of sp³-hybridized carbons (Fsp3) is 0.538. The van der Waals surface area contributed by atoms with Crippen LogP contribution in [0.1, 0.15) is 20.3 Å². The second-order valence-corrected chi connectivity index (χ2v) is 4.15. The molecule has 1 atom stereocenters. The first-order chi connectivity index (χ1) is 7.63. The number of nitrogens with one attached hydrogen (secondary N) is 1. The third-order valence-electron chi connectivity index (χ3n) is 2.72. The van der Waals surface area contributed by atoms with E-state index in [0.717, 1.165) is 25.2 Å². The lowest BCUT2D eigenvalue weighted by atomic mass is 10.2. The molecule has 3 heteroatoms. The molecule has 0 spiro atoms. The van der Waals surface area contributed by atoms with Gasteiger partial charge in [0.2, 0.25) is 0 Å². The van der Waals surface area contributed by atoms with Crippen molar-refractivity contribution >= 4 is 5.69 Å². The highest BCUT2D eigenvalue weighted by atomic mass is 19.1. The summed E-state index contributed by atoms with van der Waals surface area (Å²) in [4.78, 5) is 2.15. The molecule has 90 valence electrons. The van der Waals surface area contributed by atoms with Crippen LogP contribution in [0.25, 0.3) is 0 Å². The number of hydrogen-bond donors (Lipinski definition) is 1. The first kappa shape index (κ1) is 13.0. The molecule has 0 bridgehead atoms. The quantitative estimate of drug-likeness (QED) is 0.799. The van der Waals surface area contributed by atoms with E-state index in [1.54, 1.807) is 0 Å². The van der Waals surface area contributed by atoms with E-state index in [1.165, 1.54) is 12.1 Å². The van der Waals surface area contributed by atoms with Gasteiger partial charge in [0.25, 0.3) is 0 Å². The maximum absolute atomic E-state index is 12.7. The molecule has 1 rings (SSSR count). The molecule has 16 heavy (non-hydrogen) atoms. The second-order valence-electron chi connectivity index (χ2n) is 4.15. The summed E-state index contributed by atoms with van der Waals surface area (Å²) in [5.41, 5.74) is 1.06. The van der Waals surface area contributed by atoms with Crippen molar-refractivity contribution < 1.29 is 4.39 Å². The summed E-state index contributed by atoms with van der Waals surface area (Å²) in [6, 6.07) is 7.15. The predicted molar refractivity (Wildman–Crippen MR) is 67.4 cm³/mol. The monoisotopic (exact) mass is 224 g/mol. The molecule has 1 unspecified atom stereocenters. The van der Waals surface area contributed by atoms with Gasteiger partial charge in [0.15, 0.2) is 0 Å². The summed E-state index contributed by atoms with van der Waals surface area (Å²) in [5, 5.41) is 3.37. The molecule has 0 radical (unpaired) electrons. The van der Waals surface area contributed by atoms with E-state index >= 15 is 0 Å². The predicted octanol–water partition coefficient (Wildman–Crippen LogP) is 2.65. The summed E-state index contributed by atoms with van der Waals surface area (Å²) in [5.74, 6) is -0.182. The minimum atomic E-state index is -0.182. The molecule has 0 fully saturated rings. The van der Waals surface area contributed by atoms with Gasteiger partial charge in [-0.15, -0.1) is 0 Å². The number of halogens is 1. The smallest absolute Gasteiger partial charge is 0.123 e. The van der Waals surface area contributed by atoms with Crippen molar-refractivity contribution in [2.75, 3.05) is 25.0 Å². The number of anilines is 1. The average Bonchev–Trinajstić information content (AvgIpc) is 2.27. The van der Waals surface area contributed by atoms with Gasteiger partial charge in [0, 0.05) is 25.3 Å². The minimum Gasteiger partial charge on any atom is -0.375 e. The highest BCUT2D eigenvalue weighted by molar-refractivity contribution is 5.45. The zero-order valence-electron chi connectivity index (χ0n) is 10.3. The van der Waals surface area contributed by atoms with Gasteiger partial charge in [-0.25, -0.2) is 4.39 Å². The zero-order chi connectivity index (χ0) is 12.0. The van der Waals surface area contributed by atoms with Crippen molar-refractivity contribution in [3.8, 4) is 0 Å². The fourth-order valence-electron chi connectivity index (χ4n) is 1.66. The third-order valence-corrected chi connectivity index (χ3v) is 2.72. The van der Waals surface area contributed by atoms with Gasteiger partial charge in [0.1, 0.15) is 5.82 Å². The number of benzene rings is 1. The van der Waals surface area contributed by atoms with Crippen LogP contribution in [0.5, 0.6) is 0 Å². The van der Waals surface area contributed by atoms with Gasteiger partial charge in [-0.1, -0.05) is 6.92 Å². The van der Waals surface area contributed by atoms with Crippen LogP contribution in [0, 0.1) is 5.82 Å². The second kappa shape index (κ2) is 6.48. The summed E-state index contributed by atoms with van der Waals surface area (Å²) in [7, 11) is 2.03. The number of rotatable bonds is 6. The number of hydrogen-bond acceptors (Lipinski definition) is 2. The van der Waals surface area contributed by atoms with Crippen LogP contribution >= 0.6 is 0 Å². The van der Waals surface area contributed by atoms with E-state index in [2.05, 4.69) is 24.1 Å². The molecule has 0 aliphatic carbocycles. The Bertz CT molecular complexity index is 297. The Labute approximate surface area is 97.5 Å². The molecule has 0 saturated carbocycles. The van der Waals surface area contributed by atoms with E-state index < -0.39 is 0 Å². The highest BCUT2D eigenvalue weighted by Crippen LogP contribution is 2.13. The summed E-state index contributed by atoms with van der Waals surface area (Å²) in [6.45, 7) is 6.27. The summed E-state index contributed by atoms with van der Waals surface area (Å²) in [6.07, 6.45) is 1.09. The van der Waals surface area contributed by atoms with Crippen LogP contribution in [-0.4, -0.2) is 26.2 Å². The maximum Gasteiger partial charge on any atom is 0.123 e. The Morgan fingerprint density at radius 2 is 1.94 bits per heavy atom. The van der Waals surface area contributed by atoms with E-state index in [9.17, 15) is 4.39 Å². The van der Waals surface area contributed by atoms with E-state index in [0.29, 0.717) is 6.04 Å². The molecular weight excluding hydrogens is 203 g/mol. The molecule has 2 nitrogen and oxygen atoms in total. The summed E-state index contributed by atoms with van der Waals surface area (Å²) < 4.78 is 12.7. The molecule has 1 aromatic carbocycles. The highest BCUT2D eigenvalue weighted by Gasteiger charge is 2.04. The van der Waals surface area contributed by atoms with Gasteiger partial charge in [-0.2, -0.15) is 0 Å². The summed E-state index contributed by atoms with van der Waals surface area (Å²) >= 11 is 0. The standard InChI is InChI=1S/C13H21FN2/c1-4-15-11(2)9-10-16(3)13-7-5-12(14)6-8-13/h5-8,11,15H,4,9-10H2,1-3H3. The maximum atomic E-state index is 12.7.